The van der Waals surface area contributed by atoms with E-state index in [1.807, 2.05) is 0 Å². The topological polar surface area (TPSA) is 55.4 Å². The molecule has 1 aromatic carbocycles. The zero-order chi connectivity index (χ0) is 14.0. The minimum atomic E-state index is -3.72. The molecule has 0 aromatic heterocycles. The van der Waals surface area contributed by atoms with Gasteiger partial charge < -0.3 is 4.74 Å². The number of benzene rings is 1. The lowest BCUT2D eigenvalue weighted by atomic mass is 10.2. The molecule has 1 aromatic rings. The number of sulfonamides is 1. The van der Waals surface area contributed by atoms with Crippen molar-refractivity contribution < 1.29 is 17.5 Å². The Morgan fingerprint density at radius 1 is 1.37 bits per heavy atom. The summed E-state index contributed by atoms with van der Waals surface area (Å²) >= 11 is 6.13. The van der Waals surface area contributed by atoms with Gasteiger partial charge in [0.2, 0.25) is 10.0 Å². The van der Waals surface area contributed by atoms with Crippen molar-refractivity contribution in [2.24, 2.45) is 0 Å². The molecule has 1 saturated heterocycles. The highest BCUT2D eigenvalue weighted by atomic mass is 79.9. The largest absolute Gasteiger partial charge is 0.377 e. The van der Waals surface area contributed by atoms with E-state index in [9.17, 15) is 12.8 Å². The lowest BCUT2D eigenvalue weighted by Crippen LogP contribution is -2.32. The summed E-state index contributed by atoms with van der Waals surface area (Å²) in [5, 5.41) is 0. The van der Waals surface area contributed by atoms with E-state index in [4.69, 9.17) is 4.74 Å². The van der Waals surface area contributed by atoms with Crippen molar-refractivity contribution in [1.82, 2.24) is 4.72 Å². The molecule has 0 spiro atoms. The Balaban J connectivity index is 2.19. The van der Waals surface area contributed by atoms with Crippen molar-refractivity contribution in [2.75, 3.05) is 13.2 Å². The second-order valence-electron chi connectivity index (χ2n) is 4.19. The van der Waals surface area contributed by atoms with Crippen LogP contribution in [-0.2, 0) is 14.8 Å². The smallest absolute Gasteiger partial charge is 0.242 e. The van der Waals surface area contributed by atoms with Gasteiger partial charge in [-0.25, -0.2) is 17.5 Å². The highest BCUT2D eigenvalue weighted by Crippen LogP contribution is 2.31. The Bertz CT molecular complexity index is 550. The maximum Gasteiger partial charge on any atom is 0.242 e. The summed E-state index contributed by atoms with van der Waals surface area (Å²) < 4.78 is 45.7. The number of halogens is 3. The number of hydrogen-bond acceptors (Lipinski definition) is 3. The van der Waals surface area contributed by atoms with Crippen LogP contribution in [0.1, 0.15) is 12.8 Å². The Labute approximate surface area is 128 Å². The van der Waals surface area contributed by atoms with Crippen LogP contribution in [0.15, 0.2) is 26.0 Å². The van der Waals surface area contributed by atoms with Crippen LogP contribution in [0.2, 0.25) is 0 Å². The van der Waals surface area contributed by atoms with Gasteiger partial charge in [0.05, 0.1) is 6.10 Å². The molecule has 19 heavy (non-hydrogen) atoms. The fraction of sp³-hybridized carbons (Fsp3) is 0.455. The molecule has 1 fully saturated rings. The third-order valence-electron chi connectivity index (χ3n) is 2.76. The van der Waals surface area contributed by atoms with Crippen LogP contribution in [0, 0.1) is 5.82 Å². The van der Waals surface area contributed by atoms with Gasteiger partial charge in [0.25, 0.3) is 0 Å². The van der Waals surface area contributed by atoms with Crippen LogP contribution in [0.5, 0.6) is 0 Å². The molecule has 1 unspecified atom stereocenters. The van der Waals surface area contributed by atoms with Crippen molar-refractivity contribution in [1.29, 1.82) is 0 Å². The van der Waals surface area contributed by atoms with Gasteiger partial charge in [-0.15, -0.1) is 0 Å². The van der Waals surface area contributed by atoms with E-state index in [1.165, 1.54) is 0 Å². The zero-order valence-electron chi connectivity index (χ0n) is 9.83. The van der Waals surface area contributed by atoms with Crippen LogP contribution in [-0.4, -0.2) is 27.7 Å². The molecule has 106 valence electrons. The van der Waals surface area contributed by atoms with E-state index >= 15 is 0 Å². The first-order valence-electron chi connectivity index (χ1n) is 5.66. The first kappa shape index (κ1) is 15.4. The van der Waals surface area contributed by atoms with Crippen molar-refractivity contribution >= 4 is 41.9 Å². The molecule has 0 radical (unpaired) electrons. The molecule has 8 heteroatoms. The third kappa shape index (κ3) is 3.75. The van der Waals surface area contributed by atoms with Gasteiger partial charge >= 0.3 is 0 Å². The normalized spacial score (nSPS) is 19.8. The van der Waals surface area contributed by atoms with E-state index in [0.29, 0.717) is 6.61 Å². The molecule has 4 nitrogen and oxygen atoms in total. The Morgan fingerprint density at radius 3 is 2.53 bits per heavy atom. The summed E-state index contributed by atoms with van der Waals surface area (Å²) in [4.78, 5) is -0.00750. The van der Waals surface area contributed by atoms with E-state index in [1.54, 1.807) is 0 Å². The lowest BCUT2D eigenvalue weighted by Gasteiger charge is -2.13. The van der Waals surface area contributed by atoms with Gasteiger partial charge in [0, 0.05) is 22.1 Å². The number of nitrogens with one attached hydrogen (secondary N) is 1. The molecule has 0 amide bonds. The van der Waals surface area contributed by atoms with Crippen LogP contribution in [0.4, 0.5) is 4.39 Å². The van der Waals surface area contributed by atoms with E-state index < -0.39 is 15.8 Å². The predicted molar refractivity (Wildman–Crippen MR) is 76.0 cm³/mol. The average molecular weight is 417 g/mol. The van der Waals surface area contributed by atoms with Crippen LogP contribution in [0.3, 0.4) is 0 Å². The zero-order valence-corrected chi connectivity index (χ0v) is 13.8. The molecule has 1 aliphatic heterocycles. The summed E-state index contributed by atoms with van der Waals surface area (Å²) in [6.45, 7) is 0.884. The van der Waals surface area contributed by atoms with Crippen LogP contribution in [0.25, 0.3) is 0 Å². The predicted octanol–water partition coefficient (Wildman–Crippen LogP) is 2.81. The molecule has 0 aliphatic carbocycles. The second-order valence-corrected chi connectivity index (χ2v) is 7.60. The first-order chi connectivity index (χ1) is 8.90. The van der Waals surface area contributed by atoms with Crippen molar-refractivity contribution in [3.05, 3.63) is 26.9 Å². The standard InChI is InChI=1S/C11H12Br2FNO3S/c12-9-4-7(14)5-10(13)11(9)19(16,17)15-6-8-2-1-3-18-8/h4-5,8,15H,1-3,6H2. The number of hydrogen-bond donors (Lipinski definition) is 1. The third-order valence-corrected chi connectivity index (χ3v) is 6.06. The summed E-state index contributed by atoms with van der Waals surface area (Å²) in [5.74, 6) is -0.517. The monoisotopic (exact) mass is 415 g/mol. The van der Waals surface area contributed by atoms with Gasteiger partial charge in [-0.05, 0) is 56.8 Å². The van der Waals surface area contributed by atoms with E-state index in [0.717, 1.165) is 25.0 Å². The molecule has 0 saturated carbocycles. The van der Waals surface area contributed by atoms with Crippen LogP contribution < -0.4 is 4.72 Å². The van der Waals surface area contributed by atoms with Crippen molar-refractivity contribution in [3.8, 4) is 0 Å². The molecule has 1 heterocycles. The molecule has 2 rings (SSSR count). The maximum atomic E-state index is 13.1. The highest BCUT2D eigenvalue weighted by molar-refractivity contribution is 9.11. The molecular weight excluding hydrogens is 405 g/mol. The fourth-order valence-corrected chi connectivity index (χ4v) is 5.46. The Hall–Kier alpha value is -0.0200. The van der Waals surface area contributed by atoms with Crippen molar-refractivity contribution in [2.45, 2.75) is 23.8 Å². The van der Waals surface area contributed by atoms with Crippen molar-refractivity contribution in [3.63, 3.8) is 0 Å². The number of ether oxygens (including phenoxy) is 1. The molecular formula is C11H12Br2FNO3S. The molecule has 0 bridgehead atoms. The van der Waals surface area contributed by atoms with E-state index in [-0.39, 0.29) is 26.5 Å². The first-order valence-corrected chi connectivity index (χ1v) is 8.73. The summed E-state index contributed by atoms with van der Waals surface area (Å²) in [5.41, 5.74) is 0. The Kier molecular flexibility index (Phi) is 4.99. The number of rotatable bonds is 4. The van der Waals surface area contributed by atoms with Gasteiger partial charge in [0.15, 0.2) is 0 Å². The minimum Gasteiger partial charge on any atom is -0.377 e. The van der Waals surface area contributed by atoms with Gasteiger partial charge in [-0.3, -0.25) is 0 Å². The van der Waals surface area contributed by atoms with Gasteiger partial charge in [0.1, 0.15) is 10.7 Å². The van der Waals surface area contributed by atoms with E-state index in [2.05, 4.69) is 36.6 Å². The minimum absolute atomic E-state index is 0.00750. The highest BCUT2D eigenvalue weighted by Gasteiger charge is 2.24. The summed E-state index contributed by atoms with van der Waals surface area (Å²) in [7, 11) is -3.72. The fourth-order valence-electron chi connectivity index (χ4n) is 1.87. The maximum absolute atomic E-state index is 13.1. The van der Waals surface area contributed by atoms with Gasteiger partial charge in [-0.1, -0.05) is 0 Å². The SMILES string of the molecule is O=S(=O)(NCC1CCCO1)c1c(Br)cc(F)cc1Br. The average Bonchev–Trinajstić information content (AvgIpc) is 2.77. The lowest BCUT2D eigenvalue weighted by molar-refractivity contribution is 0.114. The molecule has 1 atom stereocenters. The second kappa shape index (κ2) is 6.17. The quantitative estimate of drug-likeness (QED) is 0.820. The molecule has 1 aliphatic rings. The molecule has 1 N–H and O–H groups in total. The van der Waals surface area contributed by atoms with Crippen LogP contribution >= 0.6 is 31.9 Å². The van der Waals surface area contributed by atoms with Gasteiger partial charge in [-0.2, -0.15) is 0 Å². The summed E-state index contributed by atoms with van der Waals surface area (Å²) in [6, 6.07) is 2.23. The Morgan fingerprint density at radius 2 is 2.00 bits per heavy atom. The summed E-state index contributed by atoms with van der Waals surface area (Å²) in [6.07, 6.45) is 1.69.